The Labute approximate surface area is 126 Å². The highest BCUT2D eigenvalue weighted by Gasteiger charge is 2.08. The average molecular weight is 306 g/mol. The standard InChI is InChI=1S/C16H16F2N2O2/c17-15(18)10-22-14-7-2-1-6-13(14)20-9-11-4-3-5-12(8-11)16(19)21/h1-8,15,20H,9-10H2,(H2,19,21). The van der Waals surface area contributed by atoms with E-state index in [2.05, 4.69) is 5.32 Å². The largest absolute Gasteiger partial charge is 0.485 e. The van der Waals surface area contributed by atoms with Crippen molar-refractivity contribution in [1.82, 2.24) is 0 Å². The molecule has 2 aromatic carbocycles. The number of anilines is 1. The van der Waals surface area contributed by atoms with Crippen molar-refractivity contribution in [2.45, 2.75) is 13.0 Å². The summed E-state index contributed by atoms with van der Waals surface area (Å²) < 4.78 is 29.5. The van der Waals surface area contributed by atoms with Gasteiger partial charge in [0.15, 0.2) is 0 Å². The van der Waals surface area contributed by atoms with Crippen LogP contribution in [0.15, 0.2) is 48.5 Å². The van der Waals surface area contributed by atoms with Crippen LogP contribution in [0.3, 0.4) is 0 Å². The molecule has 0 atom stereocenters. The fourth-order valence-corrected chi connectivity index (χ4v) is 1.92. The second-order valence-electron chi connectivity index (χ2n) is 4.62. The number of carbonyl (C=O) groups is 1. The number of para-hydroxylation sites is 2. The first-order valence-corrected chi connectivity index (χ1v) is 6.69. The molecule has 22 heavy (non-hydrogen) atoms. The van der Waals surface area contributed by atoms with E-state index in [0.717, 1.165) is 5.56 Å². The van der Waals surface area contributed by atoms with Crippen LogP contribution in [0.1, 0.15) is 15.9 Å². The molecule has 0 bridgehead atoms. The van der Waals surface area contributed by atoms with Crippen LogP contribution in [-0.2, 0) is 6.54 Å². The van der Waals surface area contributed by atoms with Crippen LogP contribution in [0, 0.1) is 0 Å². The summed E-state index contributed by atoms with van der Waals surface area (Å²) in [6.45, 7) is -0.244. The highest BCUT2D eigenvalue weighted by atomic mass is 19.3. The van der Waals surface area contributed by atoms with Gasteiger partial charge in [0.05, 0.1) is 5.69 Å². The Morgan fingerprint density at radius 3 is 2.68 bits per heavy atom. The van der Waals surface area contributed by atoms with Crippen LogP contribution in [0.25, 0.3) is 0 Å². The Morgan fingerprint density at radius 1 is 1.18 bits per heavy atom. The van der Waals surface area contributed by atoms with Gasteiger partial charge >= 0.3 is 0 Å². The lowest BCUT2D eigenvalue weighted by atomic mass is 10.1. The van der Waals surface area contributed by atoms with E-state index >= 15 is 0 Å². The zero-order valence-corrected chi connectivity index (χ0v) is 11.8. The van der Waals surface area contributed by atoms with Gasteiger partial charge in [0.2, 0.25) is 5.91 Å². The monoisotopic (exact) mass is 306 g/mol. The predicted molar refractivity (Wildman–Crippen MR) is 80.2 cm³/mol. The Kier molecular flexibility index (Phi) is 5.30. The number of alkyl halides is 2. The summed E-state index contributed by atoms with van der Waals surface area (Å²) in [6, 6.07) is 13.7. The molecule has 0 unspecified atom stereocenters. The summed E-state index contributed by atoms with van der Waals surface area (Å²) in [5.41, 5.74) is 7.10. The van der Waals surface area contributed by atoms with E-state index in [-0.39, 0.29) is 0 Å². The molecule has 0 aliphatic carbocycles. The van der Waals surface area contributed by atoms with E-state index in [4.69, 9.17) is 10.5 Å². The first-order chi connectivity index (χ1) is 10.6. The van der Waals surface area contributed by atoms with E-state index in [1.165, 1.54) is 0 Å². The summed E-state index contributed by atoms with van der Waals surface area (Å²) in [7, 11) is 0. The molecule has 2 aromatic rings. The molecule has 3 N–H and O–H groups in total. The lowest BCUT2D eigenvalue weighted by Gasteiger charge is -2.13. The van der Waals surface area contributed by atoms with Crippen molar-refractivity contribution in [1.29, 1.82) is 0 Å². The fraction of sp³-hybridized carbons (Fsp3) is 0.188. The molecule has 0 aromatic heterocycles. The number of nitrogens with one attached hydrogen (secondary N) is 1. The second kappa shape index (κ2) is 7.40. The fourth-order valence-electron chi connectivity index (χ4n) is 1.92. The van der Waals surface area contributed by atoms with Crippen molar-refractivity contribution in [3.8, 4) is 5.75 Å². The number of ether oxygens (including phenoxy) is 1. The van der Waals surface area contributed by atoms with E-state index in [9.17, 15) is 13.6 Å². The lowest BCUT2D eigenvalue weighted by molar-refractivity contribution is 0.0822. The van der Waals surface area contributed by atoms with Crippen LogP contribution in [-0.4, -0.2) is 18.9 Å². The maximum absolute atomic E-state index is 12.2. The van der Waals surface area contributed by atoms with E-state index in [1.54, 1.807) is 42.5 Å². The highest BCUT2D eigenvalue weighted by molar-refractivity contribution is 5.92. The molecule has 0 saturated carbocycles. The molecule has 0 aliphatic heterocycles. The number of carbonyl (C=O) groups excluding carboxylic acids is 1. The Bertz CT molecular complexity index is 648. The molecule has 0 fully saturated rings. The molecule has 4 nitrogen and oxygen atoms in total. The first-order valence-electron chi connectivity index (χ1n) is 6.69. The van der Waals surface area contributed by atoms with Gasteiger partial charge < -0.3 is 15.8 Å². The number of hydrogen-bond acceptors (Lipinski definition) is 3. The molecule has 0 spiro atoms. The van der Waals surface area contributed by atoms with E-state index in [0.29, 0.717) is 23.5 Å². The van der Waals surface area contributed by atoms with E-state index in [1.807, 2.05) is 6.07 Å². The number of hydrogen-bond donors (Lipinski definition) is 2. The first kappa shape index (κ1) is 15.8. The van der Waals surface area contributed by atoms with Gasteiger partial charge in [0.25, 0.3) is 6.43 Å². The lowest BCUT2D eigenvalue weighted by Crippen LogP contribution is -2.12. The van der Waals surface area contributed by atoms with Crippen LogP contribution in [0.2, 0.25) is 0 Å². The molecular weight excluding hydrogens is 290 g/mol. The van der Waals surface area contributed by atoms with Gasteiger partial charge in [-0.15, -0.1) is 0 Å². The predicted octanol–water partition coefficient (Wildman–Crippen LogP) is 3.04. The van der Waals surface area contributed by atoms with Crippen molar-refractivity contribution >= 4 is 11.6 Å². The van der Waals surface area contributed by atoms with Crippen molar-refractivity contribution in [3.63, 3.8) is 0 Å². The summed E-state index contributed by atoms with van der Waals surface area (Å²) in [6.07, 6.45) is -2.53. The topological polar surface area (TPSA) is 64.4 Å². The van der Waals surface area contributed by atoms with Crippen LogP contribution in [0.4, 0.5) is 14.5 Å². The van der Waals surface area contributed by atoms with Crippen LogP contribution >= 0.6 is 0 Å². The van der Waals surface area contributed by atoms with Gasteiger partial charge in [-0.05, 0) is 29.8 Å². The smallest absolute Gasteiger partial charge is 0.272 e. The molecule has 0 radical (unpaired) electrons. The molecular formula is C16H16F2N2O2. The maximum Gasteiger partial charge on any atom is 0.272 e. The number of primary amides is 1. The summed E-state index contributed by atoms with van der Waals surface area (Å²) >= 11 is 0. The van der Waals surface area contributed by atoms with Crippen LogP contribution < -0.4 is 15.8 Å². The van der Waals surface area contributed by atoms with Gasteiger partial charge in [0, 0.05) is 12.1 Å². The van der Waals surface area contributed by atoms with Gasteiger partial charge in [-0.25, -0.2) is 8.78 Å². The third-order valence-corrected chi connectivity index (χ3v) is 2.95. The minimum absolute atomic E-state index is 0.355. The number of nitrogens with two attached hydrogens (primary N) is 1. The van der Waals surface area contributed by atoms with E-state index < -0.39 is 18.9 Å². The zero-order valence-electron chi connectivity index (χ0n) is 11.8. The van der Waals surface area contributed by atoms with Crippen molar-refractivity contribution in [2.75, 3.05) is 11.9 Å². The summed E-state index contributed by atoms with van der Waals surface area (Å²) in [4.78, 5) is 11.1. The minimum atomic E-state index is -2.53. The maximum atomic E-state index is 12.2. The Morgan fingerprint density at radius 2 is 1.95 bits per heavy atom. The molecule has 0 saturated heterocycles. The average Bonchev–Trinajstić information content (AvgIpc) is 2.52. The van der Waals surface area contributed by atoms with Gasteiger partial charge in [-0.3, -0.25) is 4.79 Å². The third-order valence-electron chi connectivity index (χ3n) is 2.95. The quantitative estimate of drug-likeness (QED) is 0.826. The Balaban J connectivity index is 2.05. The molecule has 0 aliphatic rings. The number of benzene rings is 2. The molecule has 116 valence electrons. The highest BCUT2D eigenvalue weighted by Crippen LogP contribution is 2.24. The van der Waals surface area contributed by atoms with Crippen molar-refractivity contribution < 1.29 is 18.3 Å². The van der Waals surface area contributed by atoms with Crippen LogP contribution in [0.5, 0.6) is 5.75 Å². The summed E-state index contributed by atoms with van der Waals surface area (Å²) in [5.74, 6) is -0.142. The summed E-state index contributed by atoms with van der Waals surface area (Å²) in [5, 5.41) is 3.10. The Hall–Kier alpha value is -2.63. The molecule has 2 rings (SSSR count). The van der Waals surface area contributed by atoms with Crippen molar-refractivity contribution in [3.05, 3.63) is 59.7 Å². The molecule has 1 amide bonds. The zero-order chi connectivity index (χ0) is 15.9. The number of halogens is 2. The number of rotatable bonds is 7. The van der Waals surface area contributed by atoms with Gasteiger partial charge in [-0.2, -0.15) is 0 Å². The van der Waals surface area contributed by atoms with Gasteiger partial charge in [0.1, 0.15) is 12.4 Å². The number of amides is 1. The second-order valence-corrected chi connectivity index (χ2v) is 4.62. The molecule has 6 heteroatoms. The SMILES string of the molecule is NC(=O)c1cccc(CNc2ccccc2OCC(F)F)c1. The molecule has 0 heterocycles. The minimum Gasteiger partial charge on any atom is -0.485 e. The normalized spacial score (nSPS) is 10.5. The van der Waals surface area contributed by atoms with Crippen molar-refractivity contribution in [2.24, 2.45) is 5.73 Å². The third kappa shape index (κ3) is 4.44. The van der Waals surface area contributed by atoms with Gasteiger partial charge in [-0.1, -0.05) is 24.3 Å².